The molecule has 0 unspecified atom stereocenters. The molecule has 13 heavy (non-hydrogen) atoms. The molecule has 0 aliphatic heterocycles. The summed E-state index contributed by atoms with van der Waals surface area (Å²) in [6, 6.07) is 0. The van der Waals surface area contributed by atoms with Gasteiger partial charge in [-0.1, -0.05) is 6.58 Å². The smallest absolute Gasteiger partial charge is 0.318 e. The highest BCUT2D eigenvalue weighted by atomic mass is 16.6. The average molecular weight is 183 g/mol. The SMILES string of the molecule is C=Cn1cc([N+](=O)[O-])c([N+](=O)[O-])c1. The zero-order valence-corrected chi connectivity index (χ0v) is 6.41. The summed E-state index contributed by atoms with van der Waals surface area (Å²) < 4.78 is 1.16. The van der Waals surface area contributed by atoms with Gasteiger partial charge >= 0.3 is 11.4 Å². The second kappa shape index (κ2) is 3.05. The van der Waals surface area contributed by atoms with Crippen LogP contribution in [0.25, 0.3) is 6.20 Å². The second-order valence-corrected chi connectivity index (χ2v) is 2.17. The van der Waals surface area contributed by atoms with E-state index in [0.29, 0.717) is 0 Å². The minimum absolute atomic E-state index is 0.537. The van der Waals surface area contributed by atoms with Crippen LogP contribution in [-0.2, 0) is 0 Å². The van der Waals surface area contributed by atoms with Crippen molar-refractivity contribution >= 4 is 17.6 Å². The van der Waals surface area contributed by atoms with E-state index in [9.17, 15) is 20.2 Å². The summed E-state index contributed by atoms with van der Waals surface area (Å²) >= 11 is 0. The van der Waals surface area contributed by atoms with Gasteiger partial charge < -0.3 is 4.57 Å². The summed E-state index contributed by atoms with van der Waals surface area (Å²) in [5, 5.41) is 20.6. The van der Waals surface area contributed by atoms with Gasteiger partial charge in [0.2, 0.25) is 0 Å². The van der Waals surface area contributed by atoms with E-state index in [-0.39, 0.29) is 0 Å². The molecule has 1 aromatic rings. The molecule has 7 nitrogen and oxygen atoms in total. The first-order chi connectivity index (χ1) is 6.06. The van der Waals surface area contributed by atoms with Crippen LogP contribution in [0.2, 0.25) is 0 Å². The second-order valence-electron chi connectivity index (χ2n) is 2.17. The zero-order chi connectivity index (χ0) is 10.0. The Balaban J connectivity index is 3.31. The van der Waals surface area contributed by atoms with Crippen molar-refractivity contribution in [2.24, 2.45) is 0 Å². The topological polar surface area (TPSA) is 91.2 Å². The van der Waals surface area contributed by atoms with Crippen LogP contribution in [0.1, 0.15) is 0 Å². The first-order valence-corrected chi connectivity index (χ1v) is 3.19. The van der Waals surface area contributed by atoms with Crippen molar-refractivity contribution in [2.75, 3.05) is 0 Å². The van der Waals surface area contributed by atoms with Gasteiger partial charge in [0.1, 0.15) is 0 Å². The lowest BCUT2D eigenvalue weighted by Gasteiger charge is -1.84. The van der Waals surface area contributed by atoms with Crippen molar-refractivity contribution in [1.29, 1.82) is 0 Å². The first kappa shape index (κ1) is 8.91. The molecule has 1 aromatic heterocycles. The largest absolute Gasteiger partial charge is 0.363 e. The fraction of sp³-hybridized carbons (Fsp3) is 0. The quantitative estimate of drug-likeness (QED) is 0.523. The molecule has 0 aromatic carbocycles. The van der Waals surface area contributed by atoms with E-state index in [1.54, 1.807) is 0 Å². The Labute approximate surface area is 72.2 Å². The molecule has 1 rings (SSSR count). The van der Waals surface area contributed by atoms with Gasteiger partial charge in [0.15, 0.2) is 0 Å². The molecular weight excluding hydrogens is 178 g/mol. The van der Waals surface area contributed by atoms with Crippen LogP contribution in [0.15, 0.2) is 19.0 Å². The number of hydrogen-bond donors (Lipinski definition) is 0. The number of aromatic nitrogens is 1. The van der Waals surface area contributed by atoms with Crippen LogP contribution in [-0.4, -0.2) is 14.4 Å². The maximum absolute atomic E-state index is 10.3. The fourth-order valence-electron chi connectivity index (χ4n) is 0.839. The van der Waals surface area contributed by atoms with E-state index in [2.05, 4.69) is 6.58 Å². The van der Waals surface area contributed by atoms with Gasteiger partial charge in [-0.25, -0.2) is 0 Å². The van der Waals surface area contributed by atoms with Gasteiger partial charge in [0.05, 0.1) is 22.2 Å². The predicted molar refractivity (Wildman–Crippen MR) is 44.1 cm³/mol. The van der Waals surface area contributed by atoms with E-state index in [1.807, 2.05) is 0 Å². The lowest BCUT2D eigenvalue weighted by Crippen LogP contribution is -1.91. The molecule has 0 aliphatic rings. The summed E-state index contributed by atoms with van der Waals surface area (Å²) in [5.74, 6) is 0. The highest BCUT2D eigenvalue weighted by Gasteiger charge is 2.26. The maximum atomic E-state index is 10.3. The first-order valence-electron chi connectivity index (χ1n) is 3.19. The maximum Gasteiger partial charge on any atom is 0.363 e. The summed E-state index contributed by atoms with van der Waals surface area (Å²) in [7, 11) is 0. The van der Waals surface area contributed by atoms with Crippen LogP contribution in [0.4, 0.5) is 11.4 Å². The molecule has 0 bridgehead atoms. The monoisotopic (exact) mass is 183 g/mol. The molecule has 0 spiro atoms. The van der Waals surface area contributed by atoms with Crippen LogP contribution < -0.4 is 0 Å². The molecule has 0 N–H and O–H groups in total. The average Bonchev–Trinajstić information content (AvgIpc) is 2.47. The molecule has 0 saturated carbocycles. The Kier molecular flexibility index (Phi) is 2.09. The third kappa shape index (κ3) is 1.53. The van der Waals surface area contributed by atoms with Crippen molar-refractivity contribution in [3.63, 3.8) is 0 Å². The Morgan fingerprint density at radius 2 is 1.62 bits per heavy atom. The van der Waals surface area contributed by atoms with E-state index < -0.39 is 21.2 Å². The van der Waals surface area contributed by atoms with Crippen LogP contribution >= 0.6 is 0 Å². The van der Waals surface area contributed by atoms with Gasteiger partial charge in [-0.3, -0.25) is 20.2 Å². The van der Waals surface area contributed by atoms with Crippen LogP contribution in [0, 0.1) is 20.2 Å². The van der Waals surface area contributed by atoms with Gasteiger partial charge in [-0.05, 0) is 0 Å². The lowest BCUT2D eigenvalue weighted by molar-refractivity contribution is -0.421. The normalized spacial score (nSPS) is 9.54. The Bertz CT molecular complexity index is 350. The molecule has 0 aliphatic carbocycles. The molecule has 1 heterocycles. The number of nitrogens with zero attached hydrogens (tertiary/aromatic N) is 3. The number of rotatable bonds is 3. The standard InChI is InChI=1S/C6H5N3O4/c1-2-7-3-5(8(10)11)6(4-7)9(12)13/h2-4H,1H2. The lowest BCUT2D eigenvalue weighted by atomic mass is 10.5. The Morgan fingerprint density at radius 3 is 1.85 bits per heavy atom. The zero-order valence-electron chi connectivity index (χ0n) is 6.41. The molecule has 0 saturated heterocycles. The molecule has 68 valence electrons. The summed E-state index contributed by atoms with van der Waals surface area (Å²) in [4.78, 5) is 19.0. The predicted octanol–water partition coefficient (Wildman–Crippen LogP) is 1.40. The molecule has 0 atom stereocenters. The van der Waals surface area contributed by atoms with Crippen molar-refractivity contribution in [2.45, 2.75) is 0 Å². The molecule has 0 fully saturated rings. The van der Waals surface area contributed by atoms with Gasteiger partial charge in [0.25, 0.3) is 0 Å². The minimum atomic E-state index is -0.807. The summed E-state index contributed by atoms with van der Waals surface area (Å²) in [5.41, 5.74) is -1.07. The molecule has 7 heteroatoms. The molecule has 0 amide bonds. The van der Waals surface area contributed by atoms with Crippen LogP contribution in [0.5, 0.6) is 0 Å². The van der Waals surface area contributed by atoms with E-state index in [0.717, 1.165) is 17.0 Å². The van der Waals surface area contributed by atoms with Crippen molar-refractivity contribution in [3.05, 3.63) is 39.2 Å². The van der Waals surface area contributed by atoms with E-state index in [4.69, 9.17) is 0 Å². The number of nitro groups is 2. The van der Waals surface area contributed by atoms with Crippen molar-refractivity contribution in [1.82, 2.24) is 4.57 Å². The fourth-order valence-corrected chi connectivity index (χ4v) is 0.839. The third-order valence-electron chi connectivity index (χ3n) is 1.41. The highest BCUT2D eigenvalue weighted by Crippen LogP contribution is 2.27. The van der Waals surface area contributed by atoms with Gasteiger partial charge in [-0.15, -0.1) is 0 Å². The highest BCUT2D eigenvalue weighted by molar-refractivity contribution is 5.53. The molecule has 0 radical (unpaired) electrons. The summed E-state index contributed by atoms with van der Waals surface area (Å²) in [6.45, 7) is 3.32. The molecular formula is C6H5N3O4. The summed E-state index contributed by atoms with van der Waals surface area (Å²) in [6.07, 6.45) is 3.30. The third-order valence-corrected chi connectivity index (χ3v) is 1.41. The Morgan fingerprint density at radius 1 is 1.23 bits per heavy atom. The number of hydrogen-bond acceptors (Lipinski definition) is 4. The van der Waals surface area contributed by atoms with Crippen molar-refractivity contribution in [3.8, 4) is 0 Å². The Hall–Kier alpha value is -2.18. The van der Waals surface area contributed by atoms with E-state index in [1.165, 1.54) is 6.20 Å². The minimum Gasteiger partial charge on any atom is -0.318 e. The van der Waals surface area contributed by atoms with Gasteiger partial charge in [-0.2, -0.15) is 0 Å². The van der Waals surface area contributed by atoms with Gasteiger partial charge in [0, 0.05) is 6.20 Å². The van der Waals surface area contributed by atoms with Crippen LogP contribution in [0.3, 0.4) is 0 Å². The van der Waals surface area contributed by atoms with E-state index >= 15 is 0 Å². The van der Waals surface area contributed by atoms with Crippen molar-refractivity contribution < 1.29 is 9.85 Å².